The van der Waals surface area contributed by atoms with Crippen LogP contribution < -0.4 is 5.73 Å². The average molecular weight is 268 g/mol. The minimum absolute atomic E-state index is 0.0985. The van der Waals surface area contributed by atoms with Gasteiger partial charge >= 0.3 is 0 Å². The van der Waals surface area contributed by atoms with Crippen molar-refractivity contribution in [2.75, 3.05) is 32.8 Å². The standard InChI is InChI=1S/C13H24N4O2/c1-16-10-11(9-15-16)13(8-14)17-4-2-12(3-5-17)19-7-6-18/h9-10,12-13,18H,2-8,14H2,1H3. The van der Waals surface area contributed by atoms with E-state index in [1.165, 1.54) is 5.56 Å². The van der Waals surface area contributed by atoms with Gasteiger partial charge < -0.3 is 15.6 Å². The summed E-state index contributed by atoms with van der Waals surface area (Å²) in [5.74, 6) is 0. The van der Waals surface area contributed by atoms with E-state index in [2.05, 4.69) is 10.00 Å². The highest BCUT2D eigenvalue weighted by atomic mass is 16.5. The highest BCUT2D eigenvalue weighted by Crippen LogP contribution is 2.24. The number of aromatic nitrogens is 2. The second kappa shape index (κ2) is 7.00. The number of likely N-dealkylation sites (tertiary alicyclic amines) is 1. The summed E-state index contributed by atoms with van der Waals surface area (Å²) >= 11 is 0. The molecule has 0 saturated carbocycles. The Morgan fingerprint density at radius 2 is 2.26 bits per heavy atom. The first kappa shape index (κ1) is 14.5. The SMILES string of the molecule is Cn1cc(C(CN)N2CCC(OCCO)CC2)cn1. The zero-order chi connectivity index (χ0) is 13.7. The first-order chi connectivity index (χ1) is 9.24. The van der Waals surface area contributed by atoms with Crippen LogP contribution in [0.15, 0.2) is 12.4 Å². The smallest absolute Gasteiger partial charge is 0.0701 e. The van der Waals surface area contributed by atoms with Gasteiger partial charge in [-0.15, -0.1) is 0 Å². The summed E-state index contributed by atoms with van der Waals surface area (Å²) in [5.41, 5.74) is 7.10. The van der Waals surface area contributed by atoms with E-state index >= 15 is 0 Å². The van der Waals surface area contributed by atoms with Crippen LogP contribution in [0.1, 0.15) is 24.4 Å². The number of nitrogens with two attached hydrogens (primary N) is 1. The molecule has 1 aromatic rings. The molecule has 3 N–H and O–H groups in total. The lowest BCUT2D eigenvalue weighted by molar-refractivity contribution is -0.0148. The van der Waals surface area contributed by atoms with Crippen LogP contribution in [0.5, 0.6) is 0 Å². The Hall–Kier alpha value is -0.950. The highest BCUT2D eigenvalue weighted by molar-refractivity contribution is 5.11. The summed E-state index contributed by atoms with van der Waals surface area (Å²) in [4.78, 5) is 2.40. The van der Waals surface area contributed by atoms with E-state index in [4.69, 9.17) is 15.6 Å². The lowest BCUT2D eigenvalue weighted by Gasteiger charge is -2.36. The van der Waals surface area contributed by atoms with Gasteiger partial charge in [0.05, 0.1) is 31.6 Å². The Kier molecular flexibility index (Phi) is 5.33. The zero-order valence-electron chi connectivity index (χ0n) is 11.5. The van der Waals surface area contributed by atoms with Gasteiger partial charge in [0.25, 0.3) is 0 Å². The van der Waals surface area contributed by atoms with Crippen molar-refractivity contribution >= 4 is 0 Å². The number of hydrogen-bond donors (Lipinski definition) is 2. The fourth-order valence-corrected chi connectivity index (χ4v) is 2.68. The van der Waals surface area contributed by atoms with Crippen molar-refractivity contribution in [2.24, 2.45) is 12.8 Å². The Balaban J connectivity index is 1.88. The number of ether oxygens (including phenoxy) is 1. The van der Waals surface area contributed by atoms with Crippen molar-refractivity contribution in [3.8, 4) is 0 Å². The van der Waals surface area contributed by atoms with E-state index in [0.717, 1.165) is 25.9 Å². The number of rotatable bonds is 6. The van der Waals surface area contributed by atoms with Crippen LogP contribution in [0.2, 0.25) is 0 Å². The summed E-state index contributed by atoms with van der Waals surface area (Å²) in [5, 5.41) is 13.0. The fraction of sp³-hybridized carbons (Fsp3) is 0.769. The van der Waals surface area contributed by atoms with Gasteiger partial charge in [0.1, 0.15) is 0 Å². The molecule has 0 bridgehead atoms. The van der Waals surface area contributed by atoms with Crippen molar-refractivity contribution in [3.63, 3.8) is 0 Å². The average Bonchev–Trinajstić information content (AvgIpc) is 2.85. The quantitative estimate of drug-likeness (QED) is 0.753. The molecule has 19 heavy (non-hydrogen) atoms. The second-order valence-corrected chi connectivity index (χ2v) is 5.03. The van der Waals surface area contributed by atoms with Gasteiger partial charge in [0.15, 0.2) is 0 Å². The van der Waals surface area contributed by atoms with Crippen LogP contribution in [0.4, 0.5) is 0 Å². The number of piperidine rings is 1. The molecule has 2 rings (SSSR count). The van der Waals surface area contributed by atoms with Crippen molar-refractivity contribution in [1.82, 2.24) is 14.7 Å². The van der Waals surface area contributed by atoms with E-state index in [1.54, 1.807) is 0 Å². The van der Waals surface area contributed by atoms with E-state index in [0.29, 0.717) is 13.2 Å². The van der Waals surface area contributed by atoms with E-state index in [-0.39, 0.29) is 18.8 Å². The largest absolute Gasteiger partial charge is 0.394 e. The molecule has 1 saturated heterocycles. The molecular weight excluding hydrogens is 244 g/mol. The molecule has 1 aliphatic heterocycles. The van der Waals surface area contributed by atoms with E-state index in [9.17, 15) is 0 Å². The second-order valence-electron chi connectivity index (χ2n) is 5.03. The van der Waals surface area contributed by atoms with Crippen LogP contribution in [0, 0.1) is 0 Å². The minimum Gasteiger partial charge on any atom is -0.394 e. The molecule has 0 amide bonds. The van der Waals surface area contributed by atoms with Crippen molar-refractivity contribution in [2.45, 2.75) is 25.0 Å². The molecule has 1 atom stereocenters. The Bertz CT molecular complexity index is 374. The maximum absolute atomic E-state index is 8.76. The molecule has 2 heterocycles. The maximum Gasteiger partial charge on any atom is 0.0701 e. The van der Waals surface area contributed by atoms with Crippen LogP contribution in [0.3, 0.4) is 0 Å². The third-order valence-electron chi connectivity index (χ3n) is 3.70. The number of aliphatic hydroxyl groups is 1. The predicted molar refractivity (Wildman–Crippen MR) is 72.6 cm³/mol. The van der Waals surface area contributed by atoms with Crippen molar-refractivity contribution in [3.05, 3.63) is 18.0 Å². The summed E-state index contributed by atoms with van der Waals surface area (Å²) in [6, 6.07) is 0.243. The molecule has 0 aliphatic carbocycles. The molecule has 0 radical (unpaired) electrons. The number of aryl methyl sites for hydroxylation is 1. The predicted octanol–water partition coefficient (Wildman–Crippen LogP) is -0.107. The highest BCUT2D eigenvalue weighted by Gasteiger charge is 2.26. The molecule has 1 unspecified atom stereocenters. The van der Waals surface area contributed by atoms with Crippen LogP contribution in [0.25, 0.3) is 0 Å². The van der Waals surface area contributed by atoms with Gasteiger partial charge in [-0.3, -0.25) is 9.58 Å². The minimum atomic E-state index is 0.0985. The number of nitrogens with zero attached hydrogens (tertiary/aromatic N) is 3. The van der Waals surface area contributed by atoms with Crippen LogP contribution in [-0.4, -0.2) is 58.7 Å². The molecular formula is C13H24N4O2. The zero-order valence-corrected chi connectivity index (χ0v) is 11.5. The van der Waals surface area contributed by atoms with E-state index in [1.807, 2.05) is 24.1 Å². The molecule has 0 aromatic carbocycles. The van der Waals surface area contributed by atoms with Gasteiger partial charge in [-0.2, -0.15) is 5.10 Å². The van der Waals surface area contributed by atoms with E-state index < -0.39 is 0 Å². The third-order valence-corrected chi connectivity index (χ3v) is 3.70. The Labute approximate surface area is 114 Å². The first-order valence-electron chi connectivity index (χ1n) is 6.89. The molecule has 108 valence electrons. The first-order valence-corrected chi connectivity index (χ1v) is 6.89. The van der Waals surface area contributed by atoms with Gasteiger partial charge in [-0.05, 0) is 12.8 Å². The number of hydrogen-bond acceptors (Lipinski definition) is 5. The topological polar surface area (TPSA) is 76.5 Å². The maximum atomic E-state index is 8.76. The summed E-state index contributed by atoms with van der Waals surface area (Å²) < 4.78 is 7.39. The molecule has 1 fully saturated rings. The fourth-order valence-electron chi connectivity index (χ4n) is 2.68. The van der Waals surface area contributed by atoms with Gasteiger partial charge in [-0.1, -0.05) is 0 Å². The molecule has 6 heteroatoms. The molecule has 6 nitrogen and oxygen atoms in total. The molecule has 1 aliphatic rings. The molecule has 1 aromatic heterocycles. The monoisotopic (exact) mass is 268 g/mol. The van der Waals surface area contributed by atoms with Crippen molar-refractivity contribution < 1.29 is 9.84 Å². The van der Waals surface area contributed by atoms with Gasteiger partial charge in [0, 0.05) is 38.4 Å². The number of aliphatic hydroxyl groups excluding tert-OH is 1. The lowest BCUT2D eigenvalue weighted by Crippen LogP contribution is -2.42. The summed E-state index contributed by atoms with van der Waals surface area (Å²) in [6.45, 7) is 3.10. The molecule has 0 spiro atoms. The van der Waals surface area contributed by atoms with Gasteiger partial charge in [-0.25, -0.2) is 0 Å². The van der Waals surface area contributed by atoms with Crippen molar-refractivity contribution in [1.29, 1.82) is 0 Å². The summed E-state index contributed by atoms with van der Waals surface area (Å²) in [6.07, 6.45) is 6.20. The Morgan fingerprint density at radius 1 is 1.53 bits per heavy atom. The normalized spacial score (nSPS) is 19.7. The third kappa shape index (κ3) is 3.76. The summed E-state index contributed by atoms with van der Waals surface area (Å²) in [7, 11) is 1.92. The lowest BCUT2D eigenvalue weighted by atomic mass is 10.0. The van der Waals surface area contributed by atoms with Crippen LogP contribution >= 0.6 is 0 Å². The van der Waals surface area contributed by atoms with Crippen LogP contribution in [-0.2, 0) is 11.8 Å². The Morgan fingerprint density at radius 3 is 2.79 bits per heavy atom. The van der Waals surface area contributed by atoms with Gasteiger partial charge in [0.2, 0.25) is 0 Å².